The van der Waals surface area contributed by atoms with Crippen LogP contribution in [0, 0.1) is 0 Å². The predicted molar refractivity (Wildman–Crippen MR) is 77.1 cm³/mol. The molecule has 3 heteroatoms. The molecule has 3 aromatic rings. The minimum atomic E-state index is 0.221. The summed E-state index contributed by atoms with van der Waals surface area (Å²) in [4.78, 5) is 8.35. The van der Waals surface area contributed by atoms with Gasteiger partial charge in [-0.05, 0) is 35.0 Å². The van der Waals surface area contributed by atoms with Crippen molar-refractivity contribution in [1.29, 1.82) is 0 Å². The van der Waals surface area contributed by atoms with Crippen molar-refractivity contribution in [2.45, 2.75) is 0 Å². The summed E-state index contributed by atoms with van der Waals surface area (Å²) in [5, 5.41) is 12.1. The van der Waals surface area contributed by atoms with Crippen molar-refractivity contribution in [3.8, 4) is 5.75 Å². The summed E-state index contributed by atoms with van der Waals surface area (Å²) < 4.78 is 0. The standard InChI is InChI=1S/C16H12N2O/c19-15-10-13-6-2-1-5-12(13)9-14(15)11-18-16-7-3-4-8-17-16/h1-11,19H. The maximum atomic E-state index is 9.97. The van der Waals surface area contributed by atoms with E-state index in [-0.39, 0.29) is 5.75 Å². The van der Waals surface area contributed by atoms with E-state index in [1.807, 2.05) is 48.5 Å². The summed E-state index contributed by atoms with van der Waals surface area (Å²) in [7, 11) is 0. The number of nitrogens with zero attached hydrogens (tertiary/aromatic N) is 2. The molecule has 0 amide bonds. The number of pyridine rings is 1. The van der Waals surface area contributed by atoms with Gasteiger partial charge < -0.3 is 5.11 Å². The normalized spacial score (nSPS) is 11.2. The van der Waals surface area contributed by atoms with Gasteiger partial charge in [-0.15, -0.1) is 0 Å². The quantitative estimate of drug-likeness (QED) is 0.703. The number of aromatic hydroxyl groups is 1. The molecule has 1 N–H and O–H groups in total. The first-order valence-electron chi connectivity index (χ1n) is 6.00. The van der Waals surface area contributed by atoms with E-state index in [2.05, 4.69) is 9.98 Å². The van der Waals surface area contributed by atoms with E-state index in [1.54, 1.807) is 18.5 Å². The zero-order chi connectivity index (χ0) is 13.1. The average molecular weight is 248 g/mol. The van der Waals surface area contributed by atoms with Gasteiger partial charge in [0.15, 0.2) is 5.82 Å². The molecule has 0 saturated heterocycles. The lowest BCUT2D eigenvalue weighted by Crippen LogP contribution is -1.84. The van der Waals surface area contributed by atoms with Gasteiger partial charge in [-0.1, -0.05) is 30.3 Å². The molecule has 3 nitrogen and oxygen atoms in total. The Morgan fingerprint density at radius 2 is 1.68 bits per heavy atom. The van der Waals surface area contributed by atoms with Crippen LogP contribution in [0.4, 0.5) is 5.82 Å². The van der Waals surface area contributed by atoms with E-state index in [1.165, 1.54) is 0 Å². The summed E-state index contributed by atoms with van der Waals surface area (Å²) in [5.74, 6) is 0.841. The number of phenolic OH excluding ortho intramolecular Hbond substituents is 1. The van der Waals surface area contributed by atoms with Crippen LogP contribution in [-0.4, -0.2) is 16.3 Å². The molecule has 1 aromatic heterocycles. The molecule has 19 heavy (non-hydrogen) atoms. The molecule has 0 fully saturated rings. The molecule has 3 rings (SSSR count). The molecule has 2 aromatic carbocycles. The van der Waals surface area contributed by atoms with Gasteiger partial charge in [0, 0.05) is 18.0 Å². The Hall–Kier alpha value is -2.68. The average Bonchev–Trinajstić information content (AvgIpc) is 2.46. The SMILES string of the molecule is Oc1cc2ccccc2cc1C=Nc1ccccn1. The van der Waals surface area contributed by atoms with Crippen LogP contribution in [0.5, 0.6) is 5.75 Å². The van der Waals surface area contributed by atoms with E-state index >= 15 is 0 Å². The molecule has 0 aliphatic carbocycles. The molecule has 0 atom stereocenters. The second-order valence-electron chi connectivity index (χ2n) is 4.20. The van der Waals surface area contributed by atoms with Gasteiger partial charge in [-0.25, -0.2) is 9.98 Å². The zero-order valence-electron chi connectivity index (χ0n) is 10.2. The van der Waals surface area contributed by atoms with Crippen LogP contribution in [0.3, 0.4) is 0 Å². The molecule has 0 aliphatic rings. The number of aromatic nitrogens is 1. The van der Waals surface area contributed by atoms with Crippen LogP contribution in [0.1, 0.15) is 5.56 Å². The van der Waals surface area contributed by atoms with Crippen molar-refractivity contribution >= 4 is 22.8 Å². The van der Waals surface area contributed by atoms with E-state index in [0.29, 0.717) is 11.4 Å². The van der Waals surface area contributed by atoms with Crippen LogP contribution in [-0.2, 0) is 0 Å². The van der Waals surface area contributed by atoms with Gasteiger partial charge in [-0.3, -0.25) is 0 Å². The molecule has 0 spiro atoms. The fourth-order valence-electron chi connectivity index (χ4n) is 1.92. The number of hydrogen-bond acceptors (Lipinski definition) is 3. The largest absolute Gasteiger partial charge is 0.507 e. The third kappa shape index (κ3) is 2.45. The third-order valence-electron chi connectivity index (χ3n) is 2.88. The summed E-state index contributed by atoms with van der Waals surface area (Å²) in [6, 6.07) is 17.1. The number of aliphatic imine (C=N–C) groups is 1. The first-order valence-corrected chi connectivity index (χ1v) is 6.00. The van der Waals surface area contributed by atoms with Crippen molar-refractivity contribution in [1.82, 2.24) is 4.98 Å². The van der Waals surface area contributed by atoms with Crippen molar-refractivity contribution in [3.05, 3.63) is 66.4 Å². The van der Waals surface area contributed by atoms with Crippen molar-refractivity contribution < 1.29 is 5.11 Å². The molecule has 0 unspecified atom stereocenters. The minimum absolute atomic E-state index is 0.221. The van der Waals surface area contributed by atoms with Gasteiger partial charge in [0.25, 0.3) is 0 Å². The highest BCUT2D eigenvalue weighted by Gasteiger charge is 2.01. The highest BCUT2D eigenvalue weighted by Crippen LogP contribution is 2.24. The molecular formula is C16H12N2O. The second-order valence-corrected chi connectivity index (χ2v) is 4.20. The monoisotopic (exact) mass is 248 g/mol. The summed E-state index contributed by atoms with van der Waals surface area (Å²) in [6.07, 6.45) is 3.32. The first kappa shape index (κ1) is 11.4. The van der Waals surface area contributed by atoms with Gasteiger partial charge >= 0.3 is 0 Å². The molecule has 0 aliphatic heterocycles. The molecule has 0 bridgehead atoms. The highest BCUT2D eigenvalue weighted by atomic mass is 16.3. The maximum absolute atomic E-state index is 9.97. The Balaban J connectivity index is 2.01. The van der Waals surface area contributed by atoms with E-state index < -0.39 is 0 Å². The smallest absolute Gasteiger partial charge is 0.151 e. The topological polar surface area (TPSA) is 45.5 Å². The Morgan fingerprint density at radius 3 is 2.42 bits per heavy atom. The van der Waals surface area contributed by atoms with Crippen LogP contribution < -0.4 is 0 Å². The first-order chi connectivity index (χ1) is 9.33. The zero-order valence-corrected chi connectivity index (χ0v) is 10.2. The van der Waals surface area contributed by atoms with Gasteiger partial charge in [0.05, 0.1) is 0 Å². The lowest BCUT2D eigenvalue weighted by atomic mass is 10.1. The Morgan fingerprint density at radius 1 is 0.947 bits per heavy atom. The Labute approximate surface area is 110 Å². The second kappa shape index (κ2) is 4.90. The molecular weight excluding hydrogens is 236 g/mol. The van der Waals surface area contributed by atoms with Gasteiger partial charge in [0.1, 0.15) is 5.75 Å². The highest BCUT2D eigenvalue weighted by molar-refractivity contribution is 5.94. The number of hydrogen-bond donors (Lipinski definition) is 1. The molecule has 0 saturated carbocycles. The number of phenols is 1. The lowest BCUT2D eigenvalue weighted by Gasteiger charge is -2.02. The van der Waals surface area contributed by atoms with E-state index in [0.717, 1.165) is 10.8 Å². The molecule has 0 radical (unpaired) electrons. The van der Waals surface area contributed by atoms with Crippen molar-refractivity contribution in [2.75, 3.05) is 0 Å². The van der Waals surface area contributed by atoms with Crippen LogP contribution in [0.15, 0.2) is 65.8 Å². The van der Waals surface area contributed by atoms with Crippen molar-refractivity contribution in [3.63, 3.8) is 0 Å². The Kier molecular flexibility index (Phi) is 2.94. The summed E-state index contributed by atoms with van der Waals surface area (Å²) in [6.45, 7) is 0. The van der Waals surface area contributed by atoms with E-state index in [4.69, 9.17) is 0 Å². The van der Waals surface area contributed by atoms with Gasteiger partial charge in [0.2, 0.25) is 0 Å². The van der Waals surface area contributed by atoms with Gasteiger partial charge in [-0.2, -0.15) is 0 Å². The van der Waals surface area contributed by atoms with Crippen LogP contribution in [0.2, 0.25) is 0 Å². The number of fused-ring (bicyclic) bond motifs is 1. The van der Waals surface area contributed by atoms with E-state index in [9.17, 15) is 5.11 Å². The lowest BCUT2D eigenvalue weighted by molar-refractivity contribution is 0.475. The number of benzene rings is 2. The maximum Gasteiger partial charge on any atom is 0.151 e. The number of rotatable bonds is 2. The van der Waals surface area contributed by atoms with Crippen LogP contribution in [0.25, 0.3) is 10.8 Å². The molecule has 92 valence electrons. The molecule has 1 heterocycles. The summed E-state index contributed by atoms with van der Waals surface area (Å²) >= 11 is 0. The predicted octanol–water partition coefficient (Wildman–Crippen LogP) is 3.69. The Bertz CT molecular complexity index is 736. The fraction of sp³-hybridized carbons (Fsp3) is 0. The fourth-order valence-corrected chi connectivity index (χ4v) is 1.92. The third-order valence-corrected chi connectivity index (χ3v) is 2.88. The minimum Gasteiger partial charge on any atom is -0.507 e. The summed E-state index contributed by atoms with van der Waals surface area (Å²) in [5.41, 5.74) is 0.685. The van der Waals surface area contributed by atoms with Crippen molar-refractivity contribution in [2.24, 2.45) is 4.99 Å². The van der Waals surface area contributed by atoms with Crippen LogP contribution >= 0.6 is 0 Å².